The van der Waals surface area contributed by atoms with Crippen molar-refractivity contribution in [3.05, 3.63) is 29.8 Å². The summed E-state index contributed by atoms with van der Waals surface area (Å²) in [6.45, 7) is 8.07. The minimum atomic E-state index is -0.896. The van der Waals surface area contributed by atoms with E-state index in [2.05, 4.69) is 24.1 Å². The molecule has 7 heteroatoms. The van der Waals surface area contributed by atoms with Crippen LogP contribution in [0.15, 0.2) is 23.1 Å². The molecule has 1 unspecified atom stereocenters. The Labute approximate surface area is 145 Å². The van der Waals surface area contributed by atoms with E-state index >= 15 is 0 Å². The highest BCUT2D eigenvalue weighted by molar-refractivity contribution is 8.00. The van der Waals surface area contributed by atoms with Crippen molar-refractivity contribution in [3.8, 4) is 0 Å². The number of ether oxygens (including phenoxy) is 1. The topological polar surface area (TPSA) is 41.6 Å². The molecule has 1 aliphatic rings. The summed E-state index contributed by atoms with van der Waals surface area (Å²) in [5.74, 6) is -1.29. The highest BCUT2D eigenvalue weighted by atomic mass is 32.2. The molecule has 1 N–H and O–H groups in total. The Morgan fingerprint density at radius 2 is 2.00 bits per heavy atom. The summed E-state index contributed by atoms with van der Waals surface area (Å²) in [5.41, 5.74) is 0. The first kappa shape index (κ1) is 19.1. The molecule has 1 saturated heterocycles. The number of nitrogens with one attached hydrogen (secondary N) is 1. The van der Waals surface area contributed by atoms with Crippen LogP contribution in [0.4, 0.5) is 8.78 Å². The van der Waals surface area contributed by atoms with Gasteiger partial charge in [0.15, 0.2) is 11.6 Å². The van der Waals surface area contributed by atoms with Crippen LogP contribution < -0.4 is 5.32 Å². The Morgan fingerprint density at radius 3 is 2.62 bits per heavy atom. The molecule has 0 spiro atoms. The fraction of sp³-hybridized carbons (Fsp3) is 0.588. The van der Waals surface area contributed by atoms with Crippen molar-refractivity contribution in [1.82, 2.24) is 10.2 Å². The lowest BCUT2D eigenvalue weighted by Crippen LogP contribution is -2.51. The van der Waals surface area contributed by atoms with Gasteiger partial charge in [0, 0.05) is 30.6 Å². The average molecular weight is 358 g/mol. The Balaban J connectivity index is 1.79. The van der Waals surface area contributed by atoms with Gasteiger partial charge in [0.1, 0.15) is 0 Å². The molecule has 1 heterocycles. The van der Waals surface area contributed by atoms with E-state index in [0.29, 0.717) is 17.4 Å². The SMILES string of the molecule is CC(C)C(CNC(=O)CSc1ccc(F)c(F)c1)N1CCOCC1. The Bertz CT molecular complexity index is 551. The summed E-state index contributed by atoms with van der Waals surface area (Å²) in [7, 11) is 0. The number of nitrogens with zero attached hydrogens (tertiary/aromatic N) is 1. The van der Waals surface area contributed by atoms with Gasteiger partial charge in [-0.05, 0) is 24.1 Å². The summed E-state index contributed by atoms with van der Waals surface area (Å²) < 4.78 is 31.4. The van der Waals surface area contributed by atoms with Crippen LogP contribution in [0.3, 0.4) is 0 Å². The largest absolute Gasteiger partial charge is 0.379 e. The molecular formula is C17H24F2N2O2S. The summed E-state index contributed by atoms with van der Waals surface area (Å²) in [6, 6.07) is 3.92. The Morgan fingerprint density at radius 1 is 1.29 bits per heavy atom. The Kier molecular flexibility index (Phi) is 7.45. The van der Waals surface area contributed by atoms with Gasteiger partial charge < -0.3 is 10.1 Å². The number of amides is 1. The minimum Gasteiger partial charge on any atom is -0.379 e. The average Bonchev–Trinajstić information content (AvgIpc) is 2.57. The van der Waals surface area contributed by atoms with Crippen molar-refractivity contribution in [2.45, 2.75) is 24.8 Å². The molecule has 0 bridgehead atoms. The predicted octanol–water partition coefficient (Wildman–Crippen LogP) is 2.53. The lowest BCUT2D eigenvalue weighted by Gasteiger charge is -2.36. The van der Waals surface area contributed by atoms with Crippen LogP contribution in [0.25, 0.3) is 0 Å². The molecular weight excluding hydrogens is 334 g/mol. The van der Waals surface area contributed by atoms with Crippen molar-refractivity contribution in [1.29, 1.82) is 0 Å². The number of halogens is 2. The van der Waals surface area contributed by atoms with Gasteiger partial charge in [0.25, 0.3) is 0 Å². The minimum absolute atomic E-state index is 0.108. The van der Waals surface area contributed by atoms with Gasteiger partial charge in [-0.25, -0.2) is 8.78 Å². The maximum Gasteiger partial charge on any atom is 0.230 e. The molecule has 0 radical (unpaired) electrons. The number of hydrogen-bond donors (Lipinski definition) is 1. The van der Waals surface area contributed by atoms with Gasteiger partial charge in [0.2, 0.25) is 5.91 Å². The predicted molar refractivity (Wildman–Crippen MR) is 91.1 cm³/mol. The number of hydrogen-bond acceptors (Lipinski definition) is 4. The first-order valence-electron chi connectivity index (χ1n) is 8.13. The molecule has 1 aliphatic heterocycles. The van der Waals surface area contributed by atoms with E-state index in [1.807, 2.05) is 0 Å². The van der Waals surface area contributed by atoms with Crippen molar-refractivity contribution in [2.75, 3.05) is 38.6 Å². The summed E-state index contributed by atoms with van der Waals surface area (Å²) in [5, 5.41) is 2.95. The molecule has 0 aliphatic carbocycles. The molecule has 2 rings (SSSR count). The Hall–Kier alpha value is -1.18. The zero-order valence-corrected chi connectivity index (χ0v) is 14.9. The van der Waals surface area contributed by atoms with E-state index in [4.69, 9.17) is 4.74 Å². The van der Waals surface area contributed by atoms with E-state index in [1.54, 1.807) is 0 Å². The van der Waals surface area contributed by atoms with Gasteiger partial charge in [-0.2, -0.15) is 0 Å². The molecule has 1 aromatic rings. The van der Waals surface area contributed by atoms with E-state index in [9.17, 15) is 13.6 Å². The molecule has 1 fully saturated rings. The quantitative estimate of drug-likeness (QED) is 0.761. The molecule has 0 saturated carbocycles. The van der Waals surface area contributed by atoms with Gasteiger partial charge in [0.05, 0.1) is 19.0 Å². The number of rotatable bonds is 7. The lowest BCUT2D eigenvalue weighted by molar-refractivity contribution is -0.119. The number of carbonyl (C=O) groups excluding carboxylic acids is 1. The van der Waals surface area contributed by atoms with E-state index in [1.165, 1.54) is 17.8 Å². The van der Waals surface area contributed by atoms with Crippen LogP contribution >= 0.6 is 11.8 Å². The van der Waals surface area contributed by atoms with Crippen LogP contribution in [0, 0.1) is 17.6 Å². The third kappa shape index (κ3) is 5.72. The maximum atomic E-state index is 13.1. The normalized spacial score (nSPS) is 17.0. The molecule has 0 aromatic heterocycles. The number of carbonyl (C=O) groups is 1. The standard InChI is InChI=1S/C17H24F2N2O2S/c1-12(2)16(21-5-7-23-8-6-21)10-20-17(22)11-24-13-3-4-14(18)15(19)9-13/h3-4,9,12,16H,5-8,10-11H2,1-2H3,(H,20,22). The second kappa shape index (κ2) is 9.34. The third-order valence-corrected chi connectivity index (χ3v) is 5.05. The highest BCUT2D eigenvalue weighted by Gasteiger charge is 2.24. The van der Waals surface area contributed by atoms with Crippen LogP contribution in [-0.2, 0) is 9.53 Å². The molecule has 134 valence electrons. The van der Waals surface area contributed by atoms with Crippen molar-refractivity contribution in [2.24, 2.45) is 5.92 Å². The van der Waals surface area contributed by atoms with Crippen LogP contribution in [0.5, 0.6) is 0 Å². The van der Waals surface area contributed by atoms with Crippen molar-refractivity contribution < 1.29 is 18.3 Å². The lowest BCUT2D eigenvalue weighted by atomic mass is 10.0. The van der Waals surface area contributed by atoms with E-state index in [-0.39, 0.29) is 17.7 Å². The first-order valence-corrected chi connectivity index (χ1v) is 9.12. The van der Waals surface area contributed by atoms with Gasteiger partial charge in [-0.1, -0.05) is 13.8 Å². The maximum absolute atomic E-state index is 13.1. The van der Waals surface area contributed by atoms with Gasteiger partial charge in [-0.3, -0.25) is 9.69 Å². The van der Waals surface area contributed by atoms with E-state index < -0.39 is 11.6 Å². The van der Waals surface area contributed by atoms with Gasteiger partial charge in [-0.15, -0.1) is 11.8 Å². The van der Waals surface area contributed by atoms with Crippen LogP contribution in [-0.4, -0.2) is 55.4 Å². The van der Waals surface area contributed by atoms with Crippen LogP contribution in [0.2, 0.25) is 0 Å². The van der Waals surface area contributed by atoms with E-state index in [0.717, 1.165) is 38.4 Å². The summed E-state index contributed by atoms with van der Waals surface area (Å²) in [6.07, 6.45) is 0. The smallest absolute Gasteiger partial charge is 0.230 e. The zero-order chi connectivity index (χ0) is 17.5. The monoisotopic (exact) mass is 358 g/mol. The highest BCUT2D eigenvalue weighted by Crippen LogP contribution is 2.20. The second-order valence-corrected chi connectivity index (χ2v) is 7.18. The fourth-order valence-electron chi connectivity index (χ4n) is 2.68. The summed E-state index contributed by atoms with van der Waals surface area (Å²) in [4.78, 5) is 14.9. The molecule has 1 atom stereocenters. The van der Waals surface area contributed by atoms with Crippen LogP contribution in [0.1, 0.15) is 13.8 Å². The number of benzene rings is 1. The second-order valence-electron chi connectivity index (χ2n) is 6.13. The number of thioether (sulfide) groups is 1. The fourth-order valence-corrected chi connectivity index (χ4v) is 3.43. The molecule has 1 aromatic carbocycles. The zero-order valence-electron chi connectivity index (χ0n) is 14.1. The molecule has 24 heavy (non-hydrogen) atoms. The van der Waals surface area contributed by atoms with Crippen molar-refractivity contribution in [3.63, 3.8) is 0 Å². The van der Waals surface area contributed by atoms with Crippen molar-refractivity contribution >= 4 is 17.7 Å². The summed E-state index contributed by atoms with van der Waals surface area (Å²) >= 11 is 1.19. The first-order chi connectivity index (χ1) is 11.5. The number of morpholine rings is 1. The molecule has 4 nitrogen and oxygen atoms in total. The molecule has 1 amide bonds. The van der Waals surface area contributed by atoms with Gasteiger partial charge >= 0.3 is 0 Å². The third-order valence-electron chi connectivity index (χ3n) is 4.05.